The molecule has 0 aromatic heterocycles. The topological polar surface area (TPSA) is 35.5 Å². The summed E-state index contributed by atoms with van der Waals surface area (Å²) in [6, 6.07) is 6.93. The lowest BCUT2D eigenvalue weighted by Crippen LogP contribution is -2.05. The number of hydrogen-bond donors (Lipinski definition) is 0. The summed E-state index contributed by atoms with van der Waals surface area (Å²) in [6.45, 7) is 2.39. The molecule has 0 heterocycles. The van der Waals surface area contributed by atoms with E-state index >= 15 is 0 Å². The van der Waals surface area contributed by atoms with E-state index in [-0.39, 0.29) is 12.6 Å². The normalized spacial score (nSPS) is 9.92. The molecule has 3 nitrogen and oxygen atoms in total. The summed E-state index contributed by atoms with van der Waals surface area (Å²) in [5.74, 6) is 6.26. The second kappa shape index (κ2) is 13.5. The number of unbranched alkanes of at least 4 members (excludes halogenated alkanes) is 8. The highest BCUT2D eigenvalue weighted by Gasteiger charge is 2.06. The van der Waals surface area contributed by atoms with Gasteiger partial charge in [-0.2, -0.15) is 0 Å². The van der Waals surface area contributed by atoms with E-state index in [1.54, 1.807) is 31.4 Å². The van der Waals surface area contributed by atoms with Crippen molar-refractivity contribution >= 4 is 5.97 Å². The van der Waals surface area contributed by atoms with Gasteiger partial charge in [-0.3, -0.25) is 0 Å². The number of hydrogen-bond acceptors (Lipinski definition) is 3. The first-order valence-electron chi connectivity index (χ1n) is 9.04. The zero-order chi connectivity index (χ0) is 17.5. The van der Waals surface area contributed by atoms with Crippen LogP contribution in [0.1, 0.15) is 75.1 Å². The van der Waals surface area contributed by atoms with Gasteiger partial charge in [-0.1, -0.05) is 69.8 Å². The van der Waals surface area contributed by atoms with Gasteiger partial charge in [0, 0.05) is 6.42 Å². The highest BCUT2D eigenvalue weighted by atomic mass is 16.5. The Bertz CT molecular complexity index is 525. The van der Waals surface area contributed by atoms with E-state index in [4.69, 9.17) is 9.47 Å². The van der Waals surface area contributed by atoms with Gasteiger partial charge in [0.2, 0.25) is 0 Å². The van der Waals surface area contributed by atoms with Crippen molar-refractivity contribution < 1.29 is 14.3 Å². The van der Waals surface area contributed by atoms with Crippen molar-refractivity contribution in [3.8, 4) is 17.6 Å². The maximum absolute atomic E-state index is 11.8. The molecule has 0 aliphatic heterocycles. The molecule has 0 unspecified atom stereocenters. The van der Waals surface area contributed by atoms with Gasteiger partial charge in [0.1, 0.15) is 5.75 Å². The van der Waals surface area contributed by atoms with Crippen molar-refractivity contribution in [2.24, 2.45) is 0 Å². The predicted octanol–water partition coefficient (Wildman–Crippen LogP) is 5.39. The second-order valence-electron chi connectivity index (χ2n) is 5.89. The Balaban J connectivity index is 2.07. The summed E-state index contributed by atoms with van der Waals surface area (Å²) < 4.78 is 10.2. The van der Waals surface area contributed by atoms with Gasteiger partial charge in [-0.25, -0.2) is 4.79 Å². The molecule has 0 radical (unpaired) electrons. The first-order chi connectivity index (χ1) is 11.8. The van der Waals surface area contributed by atoms with Crippen molar-refractivity contribution in [1.29, 1.82) is 0 Å². The maximum atomic E-state index is 11.8. The molecule has 1 aromatic carbocycles. The van der Waals surface area contributed by atoms with Crippen molar-refractivity contribution in [2.75, 3.05) is 13.7 Å². The van der Waals surface area contributed by atoms with E-state index in [1.807, 2.05) is 0 Å². The van der Waals surface area contributed by atoms with Gasteiger partial charge < -0.3 is 9.47 Å². The van der Waals surface area contributed by atoms with E-state index in [2.05, 4.69) is 18.8 Å². The summed E-state index contributed by atoms with van der Waals surface area (Å²) in [4.78, 5) is 11.8. The molecule has 0 fully saturated rings. The first-order valence-corrected chi connectivity index (χ1v) is 9.04. The van der Waals surface area contributed by atoms with E-state index in [9.17, 15) is 4.79 Å². The van der Waals surface area contributed by atoms with E-state index < -0.39 is 0 Å². The summed E-state index contributed by atoms with van der Waals surface area (Å²) >= 11 is 0. The number of carbonyl (C=O) groups excluding carboxylic acids is 1. The first kappa shape index (κ1) is 20.1. The molecule has 0 bridgehead atoms. The van der Waals surface area contributed by atoms with Crippen LogP contribution in [0.3, 0.4) is 0 Å². The predicted molar refractivity (Wildman–Crippen MR) is 98.3 cm³/mol. The van der Waals surface area contributed by atoms with Crippen LogP contribution < -0.4 is 4.74 Å². The molecule has 0 amide bonds. The molecule has 1 aromatic rings. The quantitative estimate of drug-likeness (QED) is 0.310. The molecule has 0 saturated carbocycles. The summed E-state index contributed by atoms with van der Waals surface area (Å²) in [5.41, 5.74) is 0.485. The zero-order valence-electron chi connectivity index (χ0n) is 15.1. The van der Waals surface area contributed by atoms with Crippen LogP contribution in [0, 0.1) is 11.8 Å². The SMILES string of the molecule is CCCCCCCCCCC#CCOC(=O)c1cccc(OC)c1. The van der Waals surface area contributed by atoms with Crippen molar-refractivity contribution in [2.45, 2.75) is 64.7 Å². The van der Waals surface area contributed by atoms with Gasteiger partial charge in [0.25, 0.3) is 0 Å². The smallest absolute Gasteiger partial charge is 0.339 e. The van der Waals surface area contributed by atoms with Gasteiger partial charge in [0.05, 0.1) is 12.7 Å². The third kappa shape index (κ3) is 9.25. The summed E-state index contributed by atoms with van der Waals surface area (Å²) in [7, 11) is 1.57. The number of benzene rings is 1. The monoisotopic (exact) mass is 330 g/mol. The molecule has 0 N–H and O–H groups in total. The van der Waals surface area contributed by atoms with Crippen molar-refractivity contribution in [1.82, 2.24) is 0 Å². The fourth-order valence-electron chi connectivity index (χ4n) is 2.42. The van der Waals surface area contributed by atoms with Crippen LogP contribution >= 0.6 is 0 Å². The average molecular weight is 330 g/mol. The number of carbonyl (C=O) groups is 1. The largest absolute Gasteiger partial charge is 0.497 e. The maximum Gasteiger partial charge on any atom is 0.339 e. The molecule has 0 atom stereocenters. The Morgan fingerprint density at radius 3 is 2.42 bits per heavy atom. The fraction of sp³-hybridized carbons (Fsp3) is 0.571. The fourth-order valence-corrected chi connectivity index (χ4v) is 2.42. The Labute approximate surface area is 146 Å². The summed E-state index contributed by atoms with van der Waals surface area (Å²) in [5, 5.41) is 0. The Morgan fingerprint density at radius 1 is 1.00 bits per heavy atom. The van der Waals surface area contributed by atoms with E-state index in [0.717, 1.165) is 12.8 Å². The molecule has 3 heteroatoms. The zero-order valence-corrected chi connectivity index (χ0v) is 15.1. The second-order valence-corrected chi connectivity index (χ2v) is 5.89. The molecule has 0 saturated heterocycles. The van der Waals surface area contributed by atoms with E-state index in [0.29, 0.717) is 11.3 Å². The Kier molecular flexibility index (Phi) is 11.3. The molecule has 0 aliphatic carbocycles. The standard InChI is InChI=1S/C21H30O3/c1-3-4-5-6-7-8-9-10-11-12-13-17-24-21(22)19-15-14-16-20(18-19)23-2/h14-16,18H,3-11,17H2,1-2H3. The molecular weight excluding hydrogens is 300 g/mol. The van der Waals surface area contributed by atoms with E-state index in [1.165, 1.54) is 44.9 Å². The Hall–Kier alpha value is -1.95. The van der Waals surface area contributed by atoms with Gasteiger partial charge in [0.15, 0.2) is 6.61 Å². The van der Waals surface area contributed by atoms with Crippen LogP contribution in [-0.4, -0.2) is 19.7 Å². The minimum atomic E-state index is -0.365. The van der Waals surface area contributed by atoms with Crippen LogP contribution in [0.2, 0.25) is 0 Å². The molecule has 24 heavy (non-hydrogen) atoms. The lowest BCUT2D eigenvalue weighted by molar-refractivity contribution is 0.0556. The lowest BCUT2D eigenvalue weighted by atomic mass is 10.1. The van der Waals surface area contributed by atoms with Crippen molar-refractivity contribution in [3.63, 3.8) is 0 Å². The number of methoxy groups -OCH3 is 1. The minimum Gasteiger partial charge on any atom is -0.497 e. The van der Waals surface area contributed by atoms with Crippen LogP contribution in [0.15, 0.2) is 24.3 Å². The molecule has 1 rings (SSSR count). The minimum absolute atomic E-state index is 0.146. The van der Waals surface area contributed by atoms with Crippen LogP contribution in [0.25, 0.3) is 0 Å². The molecule has 132 valence electrons. The molecule has 0 spiro atoms. The van der Waals surface area contributed by atoms with Crippen molar-refractivity contribution in [3.05, 3.63) is 29.8 Å². The van der Waals surface area contributed by atoms with Crippen LogP contribution in [0.5, 0.6) is 5.75 Å². The lowest BCUT2D eigenvalue weighted by Gasteiger charge is -2.03. The average Bonchev–Trinajstić information content (AvgIpc) is 2.62. The highest BCUT2D eigenvalue weighted by Crippen LogP contribution is 2.13. The Morgan fingerprint density at radius 2 is 1.71 bits per heavy atom. The van der Waals surface area contributed by atoms with Gasteiger partial charge in [-0.15, -0.1) is 0 Å². The van der Waals surface area contributed by atoms with Crippen LogP contribution in [0.4, 0.5) is 0 Å². The number of rotatable bonds is 11. The summed E-state index contributed by atoms with van der Waals surface area (Å²) in [6.07, 6.45) is 11.3. The number of ether oxygens (including phenoxy) is 2. The molecular formula is C21H30O3. The third-order valence-corrected chi connectivity index (χ3v) is 3.86. The molecule has 0 aliphatic rings. The van der Waals surface area contributed by atoms with Crippen LogP contribution in [-0.2, 0) is 4.74 Å². The van der Waals surface area contributed by atoms with Gasteiger partial charge >= 0.3 is 5.97 Å². The van der Waals surface area contributed by atoms with Gasteiger partial charge in [-0.05, 0) is 24.6 Å². The number of esters is 1. The highest BCUT2D eigenvalue weighted by molar-refractivity contribution is 5.89. The third-order valence-electron chi connectivity index (χ3n) is 3.86.